The molecule has 0 aliphatic heterocycles. The number of rotatable bonds is 7. The van der Waals surface area contributed by atoms with Crippen molar-refractivity contribution in [2.24, 2.45) is 0 Å². The maximum Gasteiger partial charge on any atom is 0.270 e. The zero-order chi connectivity index (χ0) is 20.8. The second-order valence-corrected chi connectivity index (χ2v) is 6.93. The van der Waals surface area contributed by atoms with Crippen molar-refractivity contribution in [2.45, 2.75) is 27.2 Å². The zero-order valence-electron chi connectivity index (χ0n) is 17.2. The first-order valence-corrected chi connectivity index (χ1v) is 9.56. The first-order chi connectivity index (χ1) is 14.0. The molecule has 0 fully saturated rings. The number of aryl methyl sites for hydroxylation is 3. The zero-order valence-corrected chi connectivity index (χ0v) is 17.2. The molecule has 1 amide bonds. The van der Waals surface area contributed by atoms with E-state index in [0.717, 1.165) is 34.5 Å². The molecule has 2 aromatic carbocycles. The summed E-state index contributed by atoms with van der Waals surface area (Å²) in [5.74, 6) is 1.75. The Labute approximate surface area is 171 Å². The van der Waals surface area contributed by atoms with Gasteiger partial charge in [0, 0.05) is 18.3 Å². The molecular formula is C23H26N4O2. The molecule has 6 heteroatoms. The molecule has 150 valence electrons. The van der Waals surface area contributed by atoms with Gasteiger partial charge in [0.2, 0.25) is 0 Å². The molecule has 0 radical (unpaired) electrons. The van der Waals surface area contributed by atoms with Crippen LogP contribution in [0.3, 0.4) is 0 Å². The minimum Gasteiger partial charge on any atom is -0.497 e. The fourth-order valence-electron chi connectivity index (χ4n) is 3.09. The maximum absolute atomic E-state index is 12.6. The van der Waals surface area contributed by atoms with Gasteiger partial charge in [0.15, 0.2) is 0 Å². The minimum absolute atomic E-state index is 0.214. The molecule has 0 atom stereocenters. The van der Waals surface area contributed by atoms with Gasteiger partial charge in [-0.25, -0.2) is 9.97 Å². The Morgan fingerprint density at radius 3 is 2.34 bits per heavy atom. The Balaban J connectivity index is 1.66. The SMILES string of the molecule is COc1ccc(CCNC(=O)c2cc(Nc3c(C)cccc3C)nc(C)n2)cc1. The summed E-state index contributed by atoms with van der Waals surface area (Å²) in [6.07, 6.45) is 0.729. The Morgan fingerprint density at radius 2 is 1.69 bits per heavy atom. The van der Waals surface area contributed by atoms with Crippen molar-refractivity contribution in [1.82, 2.24) is 15.3 Å². The third-order valence-electron chi connectivity index (χ3n) is 4.66. The van der Waals surface area contributed by atoms with Crippen molar-refractivity contribution >= 4 is 17.4 Å². The average molecular weight is 390 g/mol. The quantitative estimate of drug-likeness (QED) is 0.634. The van der Waals surface area contributed by atoms with Gasteiger partial charge in [-0.15, -0.1) is 0 Å². The highest BCUT2D eigenvalue weighted by Gasteiger charge is 2.12. The summed E-state index contributed by atoms with van der Waals surface area (Å²) >= 11 is 0. The summed E-state index contributed by atoms with van der Waals surface area (Å²) in [4.78, 5) is 21.3. The number of hydrogen-bond donors (Lipinski definition) is 2. The van der Waals surface area contributed by atoms with Crippen LogP contribution < -0.4 is 15.4 Å². The lowest BCUT2D eigenvalue weighted by Gasteiger charge is -2.13. The molecule has 0 saturated heterocycles. The number of carbonyl (C=O) groups is 1. The monoisotopic (exact) mass is 390 g/mol. The van der Waals surface area contributed by atoms with Crippen LogP contribution in [0.5, 0.6) is 5.75 Å². The van der Waals surface area contributed by atoms with Crippen LogP contribution in [0.4, 0.5) is 11.5 Å². The van der Waals surface area contributed by atoms with E-state index in [1.165, 1.54) is 0 Å². The third-order valence-corrected chi connectivity index (χ3v) is 4.66. The summed E-state index contributed by atoms with van der Waals surface area (Å²) in [5.41, 5.74) is 4.71. The van der Waals surface area contributed by atoms with Crippen LogP contribution >= 0.6 is 0 Å². The van der Waals surface area contributed by atoms with E-state index < -0.39 is 0 Å². The smallest absolute Gasteiger partial charge is 0.270 e. The van der Waals surface area contributed by atoms with Gasteiger partial charge in [0.05, 0.1) is 7.11 Å². The highest BCUT2D eigenvalue weighted by Crippen LogP contribution is 2.23. The normalized spacial score (nSPS) is 10.5. The maximum atomic E-state index is 12.6. The van der Waals surface area contributed by atoms with E-state index in [-0.39, 0.29) is 5.91 Å². The van der Waals surface area contributed by atoms with Crippen LogP contribution in [-0.2, 0) is 6.42 Å². The topological polar surface area (TPSA) is 76.1 Å². The van der Waals surface area contributed by atoms with Crippen molar-refractivity contribution in [1.29, 1.82) is 0 Å². The van der Waals surface area contributed by atoms with Crippen LogP contribution in [0.1, 0.15) is 33.0 Å². The molecule has 3 aromatic rings. The van der Waals surface area contributed by atoms with Crippen LogP contribution in [0.2, 0.25) is 0 Å². The molecule has 3 rings (SSSR count). The van der Waals surface area contributed by atoms with Gasteiger partial charge in [0.25, 0.3) is 5.91 Å². The van der Waals surface area contributed by atoms with E-state index in [9.17, 15) is 4.79 Å². The summed E-state index contributed by atoms with van der Waals surface area (Å²) < 4.78 is 5.16. The molecule has 0 bridgehead atoms. The van der Waals surface area contributed by atoms with E-state index in [2.05, 4.69) is 20.6 Å². The highest BCUT2D eigenvalue weighted by atomic mass is 16.5. The van der Waals surface area contributed by atoms with Crippen molar-refractivity contribution in [3.8, 4) is 5.75 Å². The summed E-state index contributed by atoms with van der Waals surface area (Å²) in [5, 5.41) is 6.26. The summed E-state index contributed by atoms with van der Waals surface area (Å²) in [6.45, 7) is 6.38. The van der Waals surface area contributed by atoms with Crippen molar-refractivity contribution < 1.29 is 9.53 Å². The van der Waals surface area contributed by atoms with Gasteiger partial charge in [-0.3, -0.25) is 4.79 Å². The standard InChI is InChI=1S/C23H26N4O2/c1-15-6-5-7-16(2)22(15)27-21-14-20(25-17(3)26-21)23(28)24-13-12-18-8-10-19(29-4)11-9-18/h5-11,14H,12-13H2,1-4H3,(H,24,28)(H,25,26,27). The molecule has 0 aliphatic rings. The summed E-state index contributed by atoms with van der Waals surface area (Å²) in [6, 6.07) is 15.6. The minimum atomic E-state index is -0.214. The number of methoxy groups -OCH3 is 1. The Hall–Kier alpha value is -3.41. The molecular weight excluding hydrogens is 364 g/mol. The fraction of sp³-hybridized carbons (Fsp3) is 0.261. The van der Waals surface area contributed by atoms with E-state index in [0.29, 0.717) is 23.9 Å². The lowest BCUT2D eigenvalue weighted by atomic mass is 10.1. The van der Waals surface area contributed by atoms with E-state index in [1.807, 2.05) is 56.3 Å². The Kier molecular flexibility index (Phi) is 6.44. The number of hydrogen-bond acceptors (Lipinski definition) is 5. The number of nitrogens with one attached hydrogen (secondary N) is 2. The van der Waals surface area contributed by atoms with E-state index in [4.69, 9.17) is 4.74 Å². The molecule has 29 heavy (non-hydrogen) atoms. The largest absolute Gasteiger partial charge is 0.497 e. The highest BCUT2D eigenvalue weighted by molar-refractivity contribution is 5.93. The lowest BCUT2D eigenvalue weighted by Crippen LogP contribution is -2.27. The molecule has 0 saturated carbocycles. The number of anilines is 2. The Morgan fingerprint density at radius 1 is 1.00 bits per heavy atom. The molecule has 2 N–H and O–H groups in total. The van der Waals surface area contributed by atoms with Crippen molar-refractivity contribution in [3.05, 3.63) is 76.7 Å². The van der Waals surface area contributed by atoms with Gasteiger partial charge in [-0.05, 0) is 56.0 Å². The molecule has 0 unspecified atom stereocenters. The first kappa shape index (κ1) is 20.3. The second-order valence-electron chi connectivity index (χ2n) is 6.93. The molecule has 6 nitrogen and oxygen atoms in total. The van der Waals surface area contributed by atoms with E-state index in [1.54, 1.807) is 20.1 Å². The van der Waals surface area contributed by atoms with Crippen molar-refractivity contribution in [2.75, 3.05) is 19.0 Å². The van der Waals surface area contributed by atoms with Crippen LogP contribution in [0.25, 0.3) is 0 Å². The van der Waals surface area contributed by atoms with Gasteiger partial charge in [-0.2, -0.15) is 0 Å². The van der Waals surface area contributed by atoms with Gasteiger partial charge in [-0.1, -0.05) is 30.3 Å². The number of aromatic nitrogens is 2. The van der Waals surface area contributed by atoms with Gasteiger partial charge >= 0.3 is 0 Å². The first-order valence-electron chi connectivity index (χ1n) is 9.56. The number of para-hydroxylation sites is 1. The fourth-order valence-corrected chi connectivity index (χ4v) is 3.09. The predicted molar refractivity (Wildman–Crippen MR) is 115 cm³/mol. The number of carbonyl (C=O) groups excluding carboxylic acids is 1. The number of benzene rings is 2. The van der Waals surface area contributed by atoms with E-state index >= 15 is 0 Å². The molecule has 0 aliphatic carbocycles. The summed E-state index contributed by atoms with van der Waals surface area (Å²) in [7, 11) is 1.64. The second kappa shape index (κ2) is 9.19. The van der Waals surface area contributed by atoms with Gasteiger partial charge < -0.3 is 15.4 Å². The average Bonchev–Trinajstić information content (AvgIpc) is 2.71. The lowest BCUT2D eigenvalue weighted by molar-refractivity contribution is 0.0949. The number of ether oxygens (including phenoxy) is 1. The number of amides is 1. The van der Waals surface area contributed by atoms with Gasteiger partial charge in [0.1, 0.15) is 23.1 Å². The number of nitrogens with zero attached hydrogens (tertiary/aromatic N) is 2. The third kappa shape index (κ3) is 5.31. The van der Waals surface area contributed by atoms with Crippen LogP contribution in [-0.4, -0.2) is 29.5 Å². The molecule has 0 spiro atoms. The van der Waals surface area contributed by atoms with Crippen molar-refractivity contribution in [3.63, 3.8) is 0 Å². The van der Waals surface area contributed by atoms with Crippen LogP contribution in [0, 0.1) is 20.8 Å². The predicted octanol–water partition coefficient (Wildman–Crippen LogP) is 4.13. The van der Waals surface area contributed by atoms with Crippen LogP contribution in [0.15, 0.2) is 48.5 Å². The molecule has 1 aromatic heterocycles. The molecule has 1 heterocycles. The Bertz CT molecular complexity index is 980.